The Morgan fingerprint density at radius 1 is 1.48 bits per heavy atom. The number of hydrogen-bond acceptors (Lipinski definition) is 4. The van der Waals surface area contributed by atoms with Gasteiger partial charge in [-0.15, -0.1) is 23.7 Å². The molecule has 1 unspecified atom stereocenters. The zero-order valence-electron chi connectivity index (χ0n) is 12.5. The van der Waals surface area contributed by atoms with Gasteiger partial charge in [0.25, 0.3) is 0 Å². The fourth-order valence-corrected chi connectivity index (χ4v) is 4.08. The van der Waals surface area contributed by atoms with E-state index in [1.54, 1.807) is 0 Å². The molecule has 0 radical (unpaired) electrons. The van der Waals surface area contributed by atoms with Gasteiger partial charge in [0.05, 0.1) is 6.54 Å². The Bertz CT molecular complexity index is 479. The highest BCUT2D eigenvalue weighted by atomic mass is 35.5. The number of nitrogens with one attached hydrogen (secondary N) is 1. The lowest BCUT2D eigenvalue weighted by Crippen LogP contribution is -2.49. The Morgan fingerprint density at radius 3 is 3.14 bits per heavy atom. The van der Waals surface area contributed by atoms with E-state index in [9.17, 15) is 4.79 Å². The van der Waals surface area contributed by atoms with Gasteiger partial charge in [-0.1, -0.05) is 0 Å². The van der Waals surface area contributed by atoms with Crippen LogP contribution in [0.3, 0.4) is 0 Å². The van der Waals surface area contributed by atoms with E-state index in [-0.39, 0.29) is 12.4 Å². The molecule has 118 valence electrons. The van der Waals surface area contributed by atoms with Crippen LogP contribution in [-0.2, 0) is 17.8 Å². The third-order valence-corrected chi connectivity index (χ3v) is 5.46. The first-order valence-electron chi connectivity index (χ1n) is 7.49. The van der Waals surface area contributed by atoms with Gasteiger partial charge in [0.1, 0.15) is 0 Å². The summed E-state index contributed by atoms with van der Waals surface area (Å²) in [6.07, 6.45) is 3.44. The Kier molecular flexibility index (Phi) is 6.05. The Balaban J connectivity index is 0.00000161. The van der Waals surface area contributed by atoms with Crippen LogP contribution in [0.25, 0.3) is 0 Å². The topological polar surface area (TPSA) is 35.6 Å². The number of carbonyl (C=O) groups is 1. The van der Waals surface area contributed by atoms with E-state index in [1.165, 1.54) is 23.3 Å². The molecule has 3 heterocycles. The fraction of sp³-hybridized carbons (Fsp3) is 0.667. The molecule has 1 aromatic rings. The minimum atomic E-state index is 0. The van der Waals surface area contributed by atoms with Gasteiger partial charge >= 0.3 is 0 Å². The molecular weight excluding hydrogens is 306 g/mol. The monoisotopic (exact) mass is 329 g/mol. The van der Waals surface area contributed by atoms with E-state index in [0.29, 0.717) is 18.5 Å². The van der Waals surface area contributed by atoms with Gasteiger partial charge in [-0.25, -0.2) is 0 Å². The molecule has 0 saturated carbocycles. The van der Waals surface area contributed by atoms with Crippen LogP contribution < -0.4 is 5.32 Å². The zero-order valence-corrected chi connectivity index (χ0v) is 14.1. The first-order valence-corrected chi connectivity index (χ1v) is 8.37. The first-order chi connectivity index (χ1) is 9.76. The van der Waals surface area contributed by atoms with Crippen LogP contribution >= 0.6 is 23.7 Å². The van der Waals surface area contributed by atoms with Crippen LogP contribution in [0.1, 0.15) is 23.3 Å². The summed E-state index contributed by atoms with van der Waals surface area (Å²) >= 11 is 1.82. The van der Waals surface area contributed by atoms with Crippen molar-refractivity contribution in [3.8, 4) is 0 Å². The molecule has 2 aliphatic heterocycles. The molecule has 1 amide bonds. The standard InChI is InChI=1S/C15H23N3OS.ClH/c1-16-13-3-2-6-17(10-13)11-15(19)18-7-4-14-12(9-18)5-8-20-14;/h5,8,13,16H,2-4,6-7,9-11H2,1H3;1H. The summed E-state index contributed by atoms with van der Waals surface area (Å²) in [6, 6.07) is 2.71. The van der Waals surface area contributed by atoms with E-state index in [0.717, 1.165) is 32.6 Å². The summed E-state index contributed by atoms with van der Waals surface area (Å²) in [6.45, 7) is 4.33. The molecule has 1 aromatic heterocycles. The van der Waals surface area contributed by atoms with Crippen molar-refractivity contribution >= 4 is 29.7 Å². The smallest absolute Gasteiger partial charge is 0.237 e. The lowest BCUT2D eigenvalue weighted by Gasteiger charge is -2.34. The Hall–Kier alpha value is -0.620. The van der Waals surface area contributed by atoms with Crippen LogP contribution in [0.15, 0.2) is 11.4 Å². The molecule has 21 heavy (non-hydrogen) atoms. The van der Waals surface area contributed by atoms with Crippen LogP contribution in [0.5, 0.6) is 0 Å². The highest BCUT2D eigenvalue weighted by Crippen LogP contribution is 2.24. The summed E-state index contributed by atoms with van der Waals surface area (Å²) in [5.74, 6) is 0.290. The summed E-state index contributed by atoms with van der Waals surface area (Å²) in [5.41, 5.74) is 1.35. The predicted molar refractivity (Wildman–Crippen MR) is 89.2 cm³/mol. The van der Waals surface area contributed by atoms with Crippen molar-refractivity contribution in [2.75, 3.05) is 33.2 Å². The average Bonchev–Trinajstić information content (AvgIpc) is 2.94. The third kappa shape index (κ3) is 3.97. The van der Waals surface area contributed by atoms with E-state index in [2.05, 4.69) is 21.7 Å². The number of fused-ring (bicyclic) bond motifs is 1. The third-order valence-electron chi connectivity index (χ3n) is 4.43. The molecule has 0 spiro atoms. The molecule has 3 rings (SSSR count). The minimum absolute atomic E-state index is 0. The number of nitrogens with zero attached hydrogens (tertiary/aromatic N) is 2. The van der Waals surface area contributed by atoms with Crippen molar-refractivity contribution < 1.29 is 4.79 Å². The number of amides is 1. The highest BCUT2D eigenvalue weighted by molar-refractivity contribution is 7.10. The van der Waals surface area contributed by atoms with E-state index in [4.69, 9.17) is 0 Å². The summed E-state index contributed by atoms with van der Waals surface area (Å²) in [4.78, 5) is 18.2. The molecule has 0 bridgehead atoms. The molecule has 0 aliphatic carbocycles. The van der Waals surface area contributed by atoms with E-state index in [1.807, 2.05) is 23.3 Å². The molecule has 1 N–H and O–H groups in total. The number of hydrogen-bond donors (Lipinski definition) is 1. The quantitative estimate of drug-likeness (QED) is 0.917. The number of piperidine rings is 1. The van der Waals surface area contributed by atoms with Gasteiger partial charge in [-0.3, -0.25) is 9.69 Å². The lowest BCUT2D eigenvalue weighted by molar-refractivity contribution is -0.133. The van der Waals surface area contributed by atoms with Crippen LogP contribution in [0, 0.1) is 0 Å². The van der Waals surface area contributed by atoms with Gasteiger partial charge in [0, 0.05) is 30.6 Å². The van der Waals surface area contributed by atoms with Crippen molar-refractivity contribution in [3.05, 3.63) is 21.9 Å². The van der Waals surface area contributed by atoms with Crippen molar-refractivity contribution in [2.45, 2.75) is 31.8 Å². The molecule has 2 aliphatic rings. The molecule has 6 heteroatoms. The molecule has 4 nitrogen and oxygen atoms in total. The average molecular weight is 330 g/mol. The van der Waals surface area contributed by atoms with Gasteiger partial charge in [-0.05, 0) is 49.9 Å². The van der Waals surface area contributed by atoms with E-state index < -0.39 is 0 Å². The Labute approximate surface area is 136 Å². The summed E-state index contributed by atoms with van der Waals surface area (Å²) < 4.78 is 0. The molecule has 1 fully saturated rings. The summed E-state index contributed by atoms with van der Waals surface area (Å²) in [5, 5.41) is 5.47. The van der Waals surface area contributed by atoms with Crippen LogP contribution in [-0.4, -0.2) is 55.0 Å². The maximum absolute atomic E-state index is 12.5. The largest absolute Gasteiger partial charge is 0.337 e. The molecule has 1 saturated heterocycles. The number of halogens is 1. The number of carbonyl (C=O) groups excluding carboxylic acids is 1. The maximum atomic E-state index is 12.5. The normalized spacial score (nSPS) is 22.5. The molecular formula is C15H24ClN3OS. The van der Waals surface area contributed by atoms with Crippen LogP contribution in [0.2, 0.25) is 0 Å². The van der Waals surface area contributed by atoms with E-state index >= 15 is 0 Å². The van der Waals surface area contributed by atoms with Crippen molar-refractivity contribution in [1.82, 2.24) is 15.1 Å². The van der Waals surface area contributed by atoms with Crippen LogP contribution in [0.4, 0.5) is 0 Å². The number of likely N-dealkylation sites (tertiary alicyclic amines) is 1. The SMILES string of the molecule is CNC1CCCN(CC(=O)N2CCc3sccc3C2)C1.Cl. The first kappa shape index (κ1) is 16.7. The second-order valence-corrected chi connectivity index (χ2v) is 6.80. The summed E-state index contributed by atoms with van der Waals surface area (Å²) in [7, 11) is 2.01. The van der Waals surface area contributed by atoms with Gasteiger partial charge in [0.15, 0.2) is 0 Å². The predicted octanol–water partition coefficient (Wildman–Crippen LogP) is 1.74. The number of likely N-dealkylation sites (N-methyl/N-ethyl adjacent to an activating group) is 1. The Morgan fingerprint density at radius 2 is 2.33 bits per heavy atom. The van der Waals surface area contributed by atoms with Gasteiger partial charge in [0.2, 0.25) is 5.91 Å². The van der Waals surface area contributed by atoms with Crippen molar-refractivity contribution in [1.29, 1.82) is 0 Å². The van der Waals surface area contributed by atoms with Gasteiger partial charge < -0.3 is 10.2 Å². The number of thiophene rings is 1. The minimum Gasteiger partial charge on any atom is -0.337 e. The second kappa shape index (κ2) is 7.58. The second-order valence-electron chi connectivity index (χ2n) is 5.80. The van der Waals surface area contributed by atoms with Crippen molar-refractivity contribution in [2.24, 2.45) is 0 Å². The fourth-order valence-electron chi connectivity index (χ4n) is 3.19. The maximum Gasteiger partial charge on any atom is 0.237 e. The van der Waals surface area contributed by atoms with Crippen molar-refractivity contribution in [3.63, 3.8) is 0 Å². The number of rotatable bonds is 3. The molecule has 1 atom stereocenters. The zero-order chi connectivity index (χ0) is 13.9. The molecule has 0 aromatic carbocycles. The van der Waals surface area contributed by atoms with Gasteiger partial charge in [-0.2, -0.15) is 0 Å². The highest BCUT2D eigenvalue weighted by Gasteiger charge is 2.25. The lowest BCUT2D eigenvalue weighted by atomic mass is 10.1.